The van der Waals surface area contributed by atoms with E-state index in [9.17, 15) is 8.42 Å². The lowest BCUT2D eigenvalue weighted by molar-refractivity contribution is 0.483. The third-order valence-corrected chi connectivity index (χ3v) is 4.75. The molecule has 0 saturated carbocycles. The van der Waals surface area contributed by atoms with Crippen molar-refractivity contribution in [3.63, 3.8) is 0 Å². The first-order valence-corrected chi connectivity index (χ1v) is 7.93. The number of rotatable bonds is 2. The van der Waals surface area contributed by atoms with Gasteiger partial charge in [0.25, 0.3) is 10.1 Å². The van der Waals surface area contributed by atoms with Crippen LogP contribution < -0.4 is 5.73 Å². The van der Waals surface area contributed by atoms with E-state index in [1.807, 2.05) is 12.1 Å². The summed E-state index contributed by atoms with van der Waals surface area (Å²) in [5.41, 5.74) is 7.76. The number of benzene rings is 2. The fourth-order valence-electron chi connectivity index (χ4n) is 1.82. The Balaban J connectivity index is 2.13. The lowest BCUT2D eigenvalue weighted by Crippen LogP contribution is -1.96. The minimum absolute atomic E-state index is 0.154. The van der Waals surface area contributed by atoms with Crippen LogP contribution in [0.4, 0.5) is 5.69 Å². The molecule has 0 aliphatic heterocycles. The summed E-state index contributed by atoms with van der Waals surface area (Å²) >= 11 is 1.45. The molecule has 102 valence electrons. The van der Waals surface area contributed by atoms with Crippen molar-refractivity contribution in [2.45, 2.75) is 4.90 Å². The van der Waals surface area contributed by atoms with Gasteiger partial charge in [-0.05, 0) is 42.5 Å². The summed E-state index contributed by atoms with van der Waals surface area (Å²) in [6.07, 6.45) is 0. The molecule has 5 nitrogen and oxygen atoms in total. The molecular formula is C13H10N2O3S2. The van der Waals surface area contributed by atoms with Crippen LogP contribution in [0.1, 0.15) is 0 Å². The summed E-state index contributed by atoms with van der Waals surface area (Å²) in [6, 6.07) is 11.6. The number of hydrogen-bond donors (Lipinski definition) is 2. The lowest BCUT2D eigenvalue weighted by atomic mass is 10.2. The highest BCUT2D eigenvalue weighted by atomic mass is 32.2. The molecule has 0 spiro atoms. The zero-order chi connectivity index (χ0) is 14.3. The van der Waals surface area contributed by atoms with Crippen molar-refractivity contribution >= 4 is 37.4 Å². The number of fused-ring (bicyclic) bond motifs is 1. The minimum atomic E-state index is -4.21. The molecule has 3 aromatic rings. The first kappa shape index (κ1) is 13.0. The minimum Gasteiger partial charge on any atom is -0.399 e. The molecular weight excluding hydrogens is 296 g/mol. The summed E-state index contributed by atoms with van der Waals surface area (Å²) in [6.45, 7) is 0. The van der Waals surface area contributed by atoms with Gasteiger partial charge in [0.15, 0.2) is 0 Å². The first-order chi connectivity index (χ1) is 9.43. The first-order valence-electron chi connectivity index (χ1n) is 5.67. The van der Waals surface area contributed by atoms with Crippen molar-refractivity contribution in [1.82, 2.24) is 4.98 Å². The molecule has 0 atom stereocenters. The average molecular weight is 306 g/mol. The quantitative estimate of drug-likeness (QED) is 0.561. The molecule has 3 N–H and O–H groups in total. The summed E-state index contributed by atoms with van der Waals surface area (Å²) in [5.74, 6) is 0. The van der Waals surface area contributed by atoms with Gasteiger partial charge < -0.3 is 5.73 Å². The summed E-state index contributed by atoms with van der Waals surface area (Å²) in [4.78, 5) is 4.24. The Morgan fingerprint density at radius 1 is 1.10 bits per heavy atom. The van der Waals surface area contributed by atoms with Crippen molar-refractivity contribution in [1.29, 1.82) is 0 Å². The summed E-state index contributed by atoms with van der Waals surface area (Å²) in [7, 11) is -4.21. The van der Waals surface area contributed by atoms with Crippen LogP contribution in [-0.2, 0) is 10.1 Å². The van der Waals surface area contributed by atoms with Crippen molar-refractivity contribution in [3.05, 3.63) is 42.5 Å². The van der Waals surface area contributed by atoms with Crippen molar-refractivity contribution in [2.24, 2.45) is 0 Å². The number of anilines is 1. The molecule has 0 saturated heterocycles. The summed E-state index contributed by atoms with van der Waals surface area (Å²) < 4.78 is 32.1. The van der Waals surface area contributed by atoms with Crippen LogP contribution >= 0.6 is 11.3 Å². The molecule has 0 unspecified atom stereocenters. The van der Waals surface area contributed by atoms with E-state index in [0.717, 1.165) is 15.3 Å². The largest absolute Gasteiger partial charge is 0.399 e. The monoisotopic (exact) mass is 306 g/mol. The smallest absolute Gasteiger partial charge is 0.294 e. The molecule has 0 bridgehead atoms. The van der Waals surface area contributed by atoms with Crippen LogP contribution in [0.2, 0.25) is 0 Å². The van der Waals surface area contributed by atoms with Crippen molar-refractivity contribution in [2.75, 3.05) is 5.73 Å². The van der Waals surface area contributed by atoms with Crippen LogP contribution in [0.3, 0.4) is 0 Å². The maximum atomic E-state index is 11.1. The number of nitrogens with zero attached hydrogens (tertiary/aromatic N) is 1. The Hall–Kier alpha value is -1.96. The van der Waals surface area contributed by atoms with Gasteiger partial charge in [0.05, 0.1) is 15.1 Å². The van der Waals surface area contributed by atoms with Gasteiger partial charge in [0.1, 0.15) is 5.01 Å². The van der Waals surface area contributed by atoms with E-state index in [1.165, 1.54) is 23.5 Å². The normalized spacial score (nSPS) is 11.8. The predicted molar refractivity (Wildman–Crippen MR) is 79.3 cm³/mol. The third-order valence-electron chi connectivity index (χ3n) is 2.81. The van der Waals surface area contributed by atoms with Crippen LogP contribution in [0.25, 0.3) is 20.8 Å². The van der Waals surface area contributed by atoms with E-state index in [4.69, 9.17) is 10.3 Å². The molecule has 2 aromatic carbocycles. The van der Waals surface area contributed by atoms with Gasteiger partial charge in [-0.15, -0.1) is 11.3 Å². The molecule has 0 radical (unpaired) electrons. The summed E-state index contributed by atoms with van der Waals surface area (Å²) in [5, 5.41) is 0.771. The topological polar surface area (TPSA) is 93.3 Å². The highest BCUT2D eigenvalue weighted by Gasteiger charge is 2.12. The van der Waals surface area contributed by atoms with Gasteiger partial charge in [-0.25, -0.2) is 4.98 Å². The second kappa shape index (κ2) is 4.55. The second-order valence-corrected chi connectivity index (χ2v) is 6.70. The van der Waals surface area contributed by atoms with E-state index in [-0.39, 0.29) is 4.90 Å². The zero-order valence-corrected chi connectivity index (χ0v) is 11.8. The molecule has 0 amide bonds. The van der Waals surface area contributed by atoms with Crippen LogP contribution in [0.5, 0.6) is 0 Å². The lowest BCUT2D eigenvalue weighted by Gasteiger charge is -1.96. The second-order valence-electron chi connectivity index (χ2n) is 4.25. The standard InChI is InChI=1S/C13H10N2O3S2/c14-9-3-1-8(2-4-9)13-15-11-7-10(20(16,17)18)5-6-12(11)19-13/h1-7H,14H2,(H,16,17,18). The number of nitrogen functional groups attached to an aromatic ring is 1. The maximum absolute atomic E-state index is 11.1. The maximum Gasteiger partial charge on any atom is 0.294 e. The Bertz CT molecular complexity index is 884. The molecule has 20 heavy (non-hydrogen) atoms. The highest BCUT2D eigenvalue weighted by molar-refractivity contribution is 7.85. The zero-order valence-electron chi connectivity index (χ0n) is 10.1. The molecule has 0 aliphatic rings. The van der Waals surface area contributed by atoms with E-state index < -0.39 is 10.1 Å². The van der Waals surface area contributed by atoms with Gasteiger partial charge in [-0.2, -0.15) is 8.42 Å². The van der Waals surface area contributed by atoms with Crippen LogP contribution in [0.15, 0.2) is 47.4 Å². The Morgan fingerprint density at radius 2 is 1.80 bits per heavy atom. The van der Waals surface area contributed by atoms with E-state index >= 15 is 0 Å². The molecule has 7 heteroatoms. The fourth-order valence-corrected chi connectivity index (χ4v) is 3.27. The van der Waals surface area contributed by atoms with Crippen molar-refractivity contribution < 1.29 is 13.0 Å². The third kappa shape index (κ3) is 2.38. The SMILES string of the molecule is Nc1ccc(-c2nc3cc(S(=O)(=O)O)ccc3s2)cc1. The molecule has 1 aromatic heterocycles. The molecule has 3 rings (SSSR count). The van der Waals surface area contributed by atoms with E-state index in [1.54, 1.807) is 18.2 Å². The predicted octanol–water partition coefficient (Wildman–Crippen LogP) is 2.79. The number of hydrogen-bond acceptors (Lipinski definition) is 5. The molecule has 0 fully saturated rings. The average Bonchev–Trinajstić information content (AvgIpc) is 2.81. The Labute approximate surface area is 119 Å². The highest BCUT2D eigenvalue weighted by Crippen LogP contribution is 2.31. The number of nitrogens with two attached hydrogens (primary N) is 1. The van der Waals surface area contributed by atoms with E-state index in [0.29, 0.717) is 11.2 Å². The fraction of sp³-hybridized carbons (Fsp3) is 0. The van der Waals surface area contributed by atoms with Crippen molar-refractivity contribution in [3.8, 4) is 10.6 Å². The number of aromatic nitrogens is 1. The van der Waals surface area contributed by atoms with Gasteiger partial charge in [-0.3, -0.25) is 4.55 Å². The van der Waals surface area contributed by atoms with Gasteiger partial charge in [0, 0.05) is 11.3 Å². The van der Waals surface area contributed by atoms with Crippen LogP contribution in [-0.4, -0.2) is 18.0 Å². The molecule has 1 heterocycles. The van der Waals surface area contributed by atoms with Gasteiger partial charge in [-0.1, -0.05) is 0 Å². The molecule has 0 aliphatic carbocycles. The van der Waals surface area contributed by atoms with Gasteiger partial charge in [0.2, 0.25) is 0 Å². The Kier molecular flexibility index (Phi) is 2.97. The number of thiazole rings is 1. The van der Waals surface area contributed by atoms with E-state index in [2.05, 4.69) is 4.98 Å². The van der Waals surface area contributed by atoms with Gasteiger partial charge >= 0.3 is 0 Å². The van der Waals surface area contributed by atoms with Crippen LogP contribution in [0, 0.1) is 0 Å². The Morgan fingerprint density at radius 3 is 2.45 bits per heavy atom.